The molecule has 6 heteroatoms. The monoisotopic (exact) mass is 272 g/mol. The maximum Gasteiger partial charge on any atom is 0.411 e. The maximum absolute atomic E-state index is 11.8. The fourth-order valence-electron chi connectivity index (χ4n) is 2.07. The molecule has 0 spiro atoms. The van der Waals surface area contributed by atoms with Crippen molar-refractivity contribution in [2.24, 2.45) is 5.92 Å². The molecule has 1 unspecified atom stereocenters. The highest BCUT2D eigenvalue weighted by Gasteiger charge is 2.51. The van der Waals surface area contributed by atoms with Crippen molar-refractivity contribution in [1.29, 1.82) is 0 Å². The summed E-state index contributed by atoms with van der Waals surface area (Å²) in [5.41, 5.74) is 1.20. The van der Waals surface area contributed by atoms with Crippen LogP contribution in [0.2, 0.25) is 0 Å². The summed E-state index contributed by atoms with van der Waals surface area (Å²) in [5, 5.41) is 0.0669. The third-order valence-electron chi connectivity index (χ3n) is 2.92. The van der Waals surface area contributed by atoms with Gasteiger partial charge in [-0.1, -0.05) is 19.1 Å². The minimum Gasteiger partial charge on any atom is -0.292 e. The average Bonchev–Trinajstić information content (AvgIpc) is 2.36. The lowest BCUT2D eigenvalue weighted by atomic mass is 9.97. The van der Waals surface area contributed by atoms with Gasteiger partial charge in [-0.2, -0.15) is 0 Å². The van der Waals surface area contributed by atoms with Crippen molar-refractivity contribution in [3.8, 4) is 0 Å². The number of allylic oxidation sites excluding steroid dienone is 2. The number of nitrogens with zero attached hydrogens (tertiary/aromatic N) is 1. The smallest absolute Gasteiger partial charge is 0.292 e. The molecule has 2 aliphatic rings. The minimum absolute atomic E-state index is 0.0173. The molecule has 17 heavy (non-hydrogen) atoms. The molecule has 0 N–H and O–H groups in total. The van der Waals surface area contributed by atoms with E-state index in [1.165, 1.54) is 4.90 Å². The number of hydrogen-bond donors (Lipinski definition) is 0. The Hall–Kier alpha value is -0.880. The average molecular weight is 272 g/mol. The van der Waals surface area contributed by atoms with Gasteiger partial charge in [0.05, 0.1) is 11.3 Å². The van der Waals surface area contributed by atoms with Gasteiger partial charge >= 0.3 is 5.97 Å². The van der Waals surface area contributed by atoms with Crippen LogP contribution in [0.1, 0.15) is 13.8 Å². The van der Waals surface area contributed by atoms with Gasteiger partial charge in [-0.15, -0.1) is 11.8 Å². The number of amides is 1. The van der Waals surface area contributed by atoms with Crippen LogP contribution in [-0.4, -0.2) is 27.9 Å². The first kappa shape index (κ1) is 12.6. The normalized spacial score (nSPS) is 28.2. The van der Waals surface area contributed by atoms with E-state index in [2.05, 4.69) is 17.1 Å². The molecule has 0 aliphatic carbocycles. The number of carbonyl (C=O) groups excluding carboxylic acids is 2. The molecule has 1 fully saturated rings. The number of fused-ring (bicyclic) bond motifs is 1. The second kappa shape index (κ2) is 4.78. The molecule has 0 aromatic carbocycles. The molecule has 2 heterocycles. The number of carbonyl (C=O) groups is 2. The topological polar surface area (TPSA) is 46.6 Å². The van der Waals surface area contributed by atoms with Crippen LogP contribution in [0.3, 0.4) is 0 Å². The second-order valence-electron chi connectivity index (χ2n) is 3.96. The van der Waals surface area contributed by atoms with E-state index in [9.17, 15) is 9.59 Å². The van der Waals surface area contributed by atoms with Crippen LogP contribution in [-0.2, 0) is 26.7 Å². The van der Waals surface area contributed by atoms with E-state index >= 15 is 0 Å². The zero-order valence-electron chi connectivity index (χ0n) is 9.60. The molecule has 2 rings (SSSR count). The van der Waals surface area contributed by atoms with Gasteiger partial charge in [0, 0.05) is 5.75 Å². The van der Waals surface area contributed by atoms with E-state index in [-0.39, 0.29) is 17.2 Å². The molecule has 4 nitrogen and oxygen atoms in total. The summed E-state index contributed by atoms with van der Waals surface area (Å²) in [6.07, 6.45) is 3.70. The lowest BCUT2D eigenvalue weighted by Crippen LogP contribution is -2.60. The lowest BCUT2D eigenvalue weighted by Gasteiger charge is -2.48. The Morgan fingerprint density at radius 1 is 1.65 bits per heavy atom. The van der Waals surface area contributed by atoms with Crippen molar-refractivity contribution in [1.82, 2.24) is 4.90 Å². The van der Waals surface area contributed by atoms with Gasteiger partial charge < -0.3 is 0 Å². The summed E-state index contributed by atoms with van der Waals surface area (Å²) >= 11 is 4.41. The van der Waals surface area contributed by atoms with Gasteiger partial charge in [-0.25, -0.2) is 8.98 Å². The highest BCUT2D eigenvalue weighted by Crippen LogP contribution is 2.43. The maximum atomic E-state index is 11.8. The largest absolute Gasteiger partial charge is 0.411 e. The Bertz CT molecular complexity index is 430. The first-order valence-electron chi connectivity index (χ1n) is 5.30. The highest BCUT2D eigenvalue weighted by atomic mass is 32.2. The Kier molecular flexibility index (Phi) is 3.53. The molecular weight excluding hydrogens is 258 g/mol. The van der Waals surface area contributed by atoms with Crippen molar-refractivity contribution >= 4 is 36.5 Å². The fourth-order valence-corrected chi connectivity index (χ4v) is 3.51. The van der Waals surface area contributed by atoms with Crippen LogP contribution < -0.4 is 0 Å². The molecule has 2 atom stereocenters. The molecule has 0 saturated carbocycles. The SMILES string of the molecule is C/C=C\C1=C(C(=O)O[SH2+])N2C(=O)[C@@H](C)C2SC1. The molecule has 1 saturated heterocycles. The quantitative estimate of drug-likeness (QED) is 0.552. The predicted molar refractivity (Wildman–Crippen MR) is 70.3 cm³/mol. The number of thioether (sulfide) groups is 1. The Morgan fingerprint density at radius 2 is 2.35 bits per heavy atom. The first-order chi connectivity index (χ1) is 8.11. The summed E-state index contributed by atoms with van der Waals surface area (Å²) in [7, 11) is 0. The van der Waals surface area contributed by atoms with E-state index in [1.54, 1.807) is 11.8 Å². The number of hydrogen-bond acceptors (Lipinski definition) is 4. The standard InChI is InChI=1S/C11H13NO3S2/c1-3-4-7-5-17-10-6(2)9(13)12(10)8(7)11(14)15-16/h3-4,6,10,16H,5H2,1-2H3/p+1/b4-3-/t6-,10?/m1/s1. The van der Waals surface area contributed by atoms with Gasteiger partial charge in [0.1, 0.15) is 5.70 Å². The predicted octanol–water partition coefficient (Wildman–Crippen LogP) is 0.838. The van der Waals surface area contributed by atoms with Crippen molar-refractivity contribution in [2.75, 3.05) is 5.75 Å². The first-order valence-corrected chi connectivity index (χ1v) is 6.76. The van der Waals surface area contributed by atoms with Crippen molar-refractivity contribution in [3.63, 3.8) is 0 Å². The summed E-state index contributed by atoms with van der Waals surface area (Å²) in [6, 6.07) is 0. The van der Waals surface area contributed by atoms with Crippen LogP contribution >= 0.6 is 11.8 Å². The molecule has 2 aliphatic heterocycles. The van der Waals surface area contributed by atoms with E-state index < -0.39 is 5.97 Å². The van der Waals surface area contributed by atoms with Gasteiger partial charge in [-0.05, 0) is 12.5 Å². The molecular formula is C11H14NO3S2+. The third-order valence-corrected chi connectivity index (χ3v) is 4.54. The Labute approximate surface area is 110 Å². The van der Waals surface area contributed by atoms with Crippen LogP contribution in [0.25, 0.3) is 0 Å². The zero-order chi connectivity index (χ0) is 12.6. The van der Waals surface area contributed by atoms with Crippen LogP contribution in [0.15, 0.2) is 23.4 Å². The Balaban J connectivity index is 2.41. The van der Waals surface area contributed by atoms with Gasteiger partial charge in [0.25, 0.3) is 0 Å². The molecule has 0 radical (unpaired) electrons. The van der Waals surface area contributed by atoms with Gasteiger partial charge in [0.15, 0.2) is 12.9 Å². The fraction of sp³-hybridized carbons (Fsp3) is 0.455. The Morgan fingerprint density at radius 3 is 2.94 bits per heavy atom. The van der Waals surface area contributed by atoms with E-state index in [0.717, 1.165) is 11.3 Å². The summed E-state index contributed by atoms with van der Waals surface area (Å²) in [4.78, 5) is 25.1. The van der Waals surface area contributed by atoms with Crippen LogP contribution in [0, 0.1) is 5.92 Å². The minimum atomic E-state index is -0.514. The molecule has 1 amide bonds. The third kappa shape index (κ3) is 1.89. The molecule has 0 bridgehead atoms. The molecule has 92 valence electrons. The van der Waals surface area contributed by atoms with E-state index in [4.69, 9.17) is 0 Å². The zero-order valence-corrected chi connectivity index (χ0v) is 11.4. The van der Waals surface area contributed by atoms with Crippen molar-refractivity contribution in [3.05, 3.63) is 23.4 Å². The van der Waals surface area contributed by atoms with Crippen molar-refractivity contribution in [2.45, 2.75) is 19.2 Å². The lowest BCUT2D eigenvalue weighted by molar-refractivity contribution is -0.150. The number of β-lactam (4-membered cyclic amide) rings is 1. The second-order valence-corrected chi connectivity index (χ2v) is 5.27. The van der Waals surface area contributed by atoms with Crippen LogP contribution in [0.4, 0.5) is 0 Å². The van der Waals surface area contributed by atoms with Crippen LogP contribution in [0.5, 0.6) is 0 Å². The molecule has 0 aromatic rings. The summed E-state index contributed by atoms with van der Waals surface area (Å²) in [6.45, 7) is 3.76. The highest BCUT2D eigenvalue weighted by molar-refractivity contribution is 8.00. The van der Waals surface area contributed by atoms with Crippen molar-refractivity contribution < 1.29 is 13.8 Å². The summed E-state index contributed by atoms with van der Waals surface area (Å²) < 4.78 is 4.57. The van der Waals surface area contributed by atoms with Gasteiger partial charge in [-0.3, -0.25) is 9.69 Å². The van der Waals surface area contributed by atoms with Gasteiger partial charge in [0.2, 0.25) is 5.91 Å². The van der Waals surface area contributed by atoms with E-state index in [1.807, 2.05) is 26.0 Å². The number of rotatable bonds is 2. The van der Waals surface area contributed by atoms with E-state index in [0.29, 0.717) is 5.70 Å². The molecule has 0 aromatic heterocycles. The summed E-state index contributed by atoms with van der Waals surface area (Å²) in [5.74, 6) is 0.168.